The van der Waals surface area contributed by atoms with Gasteiger partial charge in [0, 0.05) is 35.2 Å². The van der Waals surface area contributed by atoms with E-state index in [1.807, 2.05) is 12.1 Å². The van der Waals surface area contributed by atoms with E-state index in [-0.39, 0.29) is 5.96 Å². The van der Waals surface area contributed by atoms with Crippen LogP contribution in [0.4, 0.5) is 0 Å². The largest absolute Gasteiger partial charge is 0.370 e. The second kappa shape index (κ2) is 11.0. The number of unbranched alkanes of at least 4 members (excludes halogenated alkanes) is 4. The first-order valence-electron chi connectivity index (χ1n) is 9.69. The highest BCUT2D eigenvalue weighted by atomic mass is 35.5. The fourth-order valence-electron chi connectivity index (χ4n) is 3.32. The molecule has 1 aromatic heterocycles. The summed E-state index contributed by atoms with van der Waals surface area (Å²) in [5, 5.41) is 4.33. The number of rotatable bonds is 11. The third-order valence-electron chi connectivity index (χ3n) is 4.74. The summed E-state index contributed by atoms with van der Waals surface area (Å²) in [5.74, 6) is 0.189. The molecule has 0 unspecified atom stereocenters. The summed E-state index contributed by atoms with van der Waals surface area (Å²) in [7, 11) is 0. The van der Waals surface area contributed by atoms with Crippen molar-refractivity contribution < 1.29 is 0 Å². The average molecular weight is 390 g/mol. The molecule has 27 heavy (non-hydrogen) atoms. The zero-order valence-corrected chi connectivity index (χ0v) is 17.2. The Morgan fingerprint density at radius 1 is 1.04 bits per heavy atom. The van der Waals surface area contributed by atoms with Crippen molar-refractivity contribution in [2.45, 2.75) is 52.5 Å². The lowest BCUT2D eigenvalue weighted by Crippen LogP contribution is -2.22. The molecule has 2 rings (SSSR count). The summed E-state index contributed by atoms with van der Waals surface area (Å²) in [6.45, 7) is 7.00. The SMILES string of the molecule is Cc1cc(CNCCCCCCCN=C(N)N)c(C)n1-c1ccc(Cl)cc1. The smallest absolute Gasteiger partial charge is 0.185 e. The number of aromatic nitrogens is 1. The van der Waals surface area contributed by atoms with Crippen LogP contribution in [-0.4, -0.2) is 23.6 Å². The van der Waals surface area contributed by atoms with Crippen LogP contribution in [0.5, 0.6) is 0 Å². The molecule has 6 heteroatoms. The minimum absolute atomic E-state index is 0.189. The van der Waals surface area contributed by atoms with Crippen molar-refractivity contribution in [2.75, 3.05) is 13.1 Å². The van der Waals surface area contributed by atoms with Crippen molar-refractivity contribution >= 4 is 17.6 Å². The van der Waals surface area contributed by atoms with E-state index >= 15 is 0 Å². The summed E-state index contributed by atoms with van der Waals surface area (Å²) in [4.78, 5) is 4.00. The number of aliphatic imine (C=N–C) groups is 1. The van der Waals surface area contributed by atoms with E-state index in [0.717, 1.165) is 36.8 Å². The summed E-state index contributed by atoms with van der Waals surface area (Å²) in [5.41, 5.74) is 15.6. The van der Waals surface area contributed by atoms with E-state index in [1.54, 1.807) is 0 Å². The molecule has 1 heterocycles. The average Bonchev–Trinajstić information content (AvgIpc) is 2.91. The van der Waals surface area contributed by atoms with Crippen molar-refractivity contribution in [3.8, 4) is 5.69 Å². The summed E-state index contributed by atoms with van der Waals surface area (Å²) in [6, 6.07) is 10.3. The first-order valence-corrected chi connectivity index (χ1v) is 10.1. The van der Waals surface area contributed by atoms with Gasteiger partial charge in [-0.15, -0.1) is 0 Å². The minimum atomic E-state index is 0.189. The monoisotopic (exact) mass is 389 g/mol. The van der Waals surface area contributed by atoms with E-state index in [0.29, 0.717) is 0 Å². The lowest BCUT2D eigenvalue weighted by atomic mass is 10.1. The predicted molar refractivity (Wildman–Crippen MR) is 116 cm³/mol. The van der Waals surface area contributed by atoms with E-state index in [1.165, 1.54) is 42.6 Å². The maximum atomic E-state index is 6.01. The number of benzene rings is 1. The molecule has 0 aliphatic carbocycles. The van der Waals surface area contributed by atoms with Gasteiger partial charge in [0.25, 0.3) is 0 Å². The second-order valence-electron chi connectivity index (χ2n) is 6.96. The number of nitrogens with two attached hydrogens (primary N) is 2. The van der Waals surface area contributed by atoms with Crippen LogP contribution in [0.1, 0.15) is 49.1 Å². The van der Waals surface area contributed by atoms with Crippen LogP contribution < -0.4 is 16.8 Å². The molecule has 0 bridgehead atoms. The Bertz CT molecular complexity index is 730. The molecule has 1 aromatic carbocycles. The third kappa shape index (κ3) is 6.92. The number of halogens is 1. The maximum absolute atomic E-state index is 6.01. The molecule has 0 saturated carbocycles. The normalized spacial score (nSPS) is 10.9. The molecular weight excluding hydrogens is 358 g/mol. The minimum Gasteiger partial charge on any atom is -0.370 e. The zero-order chi connectivity index (χ0) is 19.6. The van der Waals surface area contributed by atoms with Crippen LogP contribution in [0.3, 0.4) is 0 Å². The summed E-state index contributed by atoms with van der Waals surface area (Å²) < 4.78 is 2.28. The molecular formula is C21H32ClN5. The molecule has 148 valence electrons. The van der Waals surface area contributed by atoms with Crippen LogP contribution in [0.15, 0.2) is 35.3 Å². The highest BCUT2D eigenvalue weighted by Crippen LogP contribution is 2.22. The quantitative estimate of drug-likeness (QED) is 0.308. The van der Waals surface area contributed by atoms with Gasteiger partial charge in [-0.05, 0) is 69.1 Å². The molecule has 0 amide bonds. The molecule has 0 aliphatic rings. The van der Waals surface area contributed by atoms with E-state index < -0.39 is 0 Å². The van der Waals surface area contributed by atoms with Crippen molar-refractivity contribution in [3.63, 3.8) is 0 Å². The van der Waals surface area contributed by atoms with Gasteiger partial charge in [-0.2, -0.15) is 0 Å². The van der Waals surface area contributed by atoms with Crippen molar-refractivity contribution in [2.24, 2.45) is 16.5 Å². The van der Waals surface area contributed by atoms with Gasteiger partial charge in [-0.3, -0.25) is 4.99 Å². The van der Waals surface area contributed by atoms with Crippen LogP contribution in [-0.2, 0) is 6.54 Å². The summed E-state index contributed by atoms with van der Waals surface area (Å²) >= 11 is 6.01. The Hall–Kier alpha value is -1.98. The van der Waals surface area contributed by atoms with Gasteiger partial charge in [-0.1, -0.05) is 30.9 Å². The molecule has 0 atom stereocenters. The number of aryl methyl sites for hydroxylation is 1. The molecule has 0 aliphatic heterocycles. The molecule has 0 radical (unpaired) electrons. The first kappa shape index (κ1) is 21.3. The second-order valence-corrected chi connectivity index (χ2v) is 7.40. The van der Waals surface area contributed by atoms with Gasteiger partial charge in [0.1, 0.15) is 0 Å². The zero-order valence-electron chi connectivity index (χ0n) is 16.5. The highest BCUT2D eigenvalue weighted by molar-refractivity contribution is 6.30. The fraction of sp³-hybridized carbons (Fsp3) is 0.476. The van der Waals surface area contributed by atoms with Crippen LogP contribution in [0.25, 0.3) is 5.69 Å². The maximum Gasteiger partial charge on any atom is 0.185 e. The topological polar surface area (TPSA) is 81.4 Å². The lowest BCUT2D eigenvalue weighted by Gasteiger charge is -2.10. The van der Waals surface area contributed by atoms with Gasteiger partial charge in [-0.25, -0.2) is 0 Å². The molecule has 0 saturated heterocycles. The third-order valence-corrected chi connectivity index (χ3v) is 4.99. The Kier molecular flexibility index (Phi) is 8.69. The molecule has 5 nitrogen and oxygen atoms in total. The van der Waals surface area contributed by atoms with Crippen LogP contribution in [0.2, 0.25) is 5.02 Å². The summed E-state index contributed by atoms with van der Waals surface area (Å²) in [6.07, 6.45) is 5.89. The fourth-order valence-corrected chi connectivity index (χ4v) is 3.45. The van der Waals surface area contributed by atoms with Crippen LogP contribution in [0, 0.1) is 13.8 Å². The molecule has 5 N–H and O–H groups in total. The van der Waals surface area contributed by atoms with E-state index in [9.17, 15) is 0 Å². The van der Waals surface area contributed by atoms with Gasteiger partial charge >= 0.3 is 0 Å². The van der Waals surface area contributed by atoms with Crippen molar-refractivity contribution in [3.05, 3.63) is 52.3 Å². The standard InChI is InChI=1S/C21H32ClN5/c1-16-14-18(17(2)27(16)20-10-8-19(22)9-11-20)15-25-12-6-4-3-5-7-13-26-21(23)24/h8-11,14,25H,3-7,12-13,15H2,1-2H3,(H4,23,24,26). The Morgan fingerprint density at radius 2 is 1.70 bits per heavy atom. The number of nitrogens with zero attached hydrogens (tertiary/aromatic N) is 2. The number of guanidine groups is 1. The Labute approximate surface area is 167 Å². The Morgan fingerprint density at radius 3 is 2.41 bits per heavy atom. The van der Waals surface area contributed by atoms with E-state index in [2.05, 4.69) is 46.9 Å². The lowest BCUT2D eigenvalue weighted by molar-refractivity contribution is 0.577. The van der Waals surface area contributed by atoms with Gasteiger partial charge in [0.2, 0.25) is 0 Å². The Balaban J connectivity index is 1.70. The van der Waals surface area contributed by atoms with Gasteiger partial charge < -0.3 is 21.4 Å². The van der Waals surface area contributed by atoms with Crippen molar-refractivity contribution in [1.29, 1.82) is 0 Å². The molecule has 2 aromatic rings. The number of nitrogens with one attached hydrogen (secondary N) is 1. The predicted octanol–water partition coefficient (Wildman–Crippen LogP) is 4.06. The van der Waals surface area contributed by atoms with E-state index in [4.69, 9.17) is 23.1 Å². The molecule has 0 spiro atoms. The van der Waals surface area contributed by atoms with Gasteiger partial charge in [0.15, 0.2) is 5.96 Å². The van der Waals surface area contributed by atoms with Crippen molar-refractivity contribution in [1.82, 2.24) is 9.88 Å². The van der Waals surface area contributed by atoms with Gasteiger partial charge in [0.05, 0.1) is 0 Å². The number of hydrogen-bond donors (Lipinski definition) is 3. The number of hydrogen-bond acceptors (Lipinski definition) is 2. The highest BCUT2D eigenvalue weighted by Gasteiger charge is 2.10. The first-order chi connectivity index (χ1) is 13.0. The van der Waals surface area contributed by atoms with Crippen LogP contribution >= 0.6 is 11.6 Å². The molecule has 0 fully saturated rings.